The van der Waals surface area contributed by atoms with Crippen LogP contribution in [0.3, 0.4) is 0 Å². The molecule has 6 heteroatoms. The highest BCUT2D eigenvalue weighted by atomic mass is 16.6. The van der Waals surface area contributed by atoms with E-state index in [9.17, 15) is 15.3 Å². The molecule has 1 fully saturated rings. The standard InChI is InChI=1S/C11H22O6/c1-3-6(2)9-8(14)10(15)11(16,5-13)7(4-12)17-9/h6-10,12-16H,3-5H2,1-2H3/t6?,7?,8?,9-,10+,11+/m0/s1. The van der Waals surface area contributed by atoms with Gasteiger partial charge in [0, 0.05) is 0 Å². The molecule has 0 saturated carbocycles. The van der Waals surface area contributed by atoms with Crippen LogP contribution in [0.2, 0.25) is 0 Å². The molecule has 0 aromatic carbocycles. The van der Waals surface area contributed by atoms with E-state index in [1.807, 2.05) is 13.8 Å². The molecule has 5 N–H and O–H groups in total. The van der Waals surface area contributed by atoms with Crippen molar-refractivity contribution in [2.24, 2.45) is 5.92 Å². The van der Waals surface area contributed by atoms with Gasteiger partial charge in [-0.1, -0.05) is 20.3 Å². The molecule has 1 saturated heterocycles. The number of aliphatic hydroxyl groups is 5. The number of hydrogen-bond donors (Lipinski definition) is 5. The number of ether oxygens (including phenoxy) is 1. The third-order valence-corrected chi connectivity index (χ3v) is 3.68. The molecule has 0 radical (unpaired) electrons. The SMILES string of the molecule is CCC(C)[C@@H]1OC(CO)[C@](O)(CO)[C@H](O)C1O. The molecule has 0 amide bonds. The van der Waals surface area contributed by atoms with E-state index in [2.05, 4.69) is 0 Å². The summed E-state index contributed by atoms with van der Waals surface area (Å²) in [5.74, 6) is -0.0306. The maximum absolute atomic E-state index is 10.0. The van der Waals surface area contributed by atoms with Crippen molar-refractivity contribution < 1.29 is 30.3 Å². The van der Waals surface area contributed by atoms with Crippen LogP contribution in [0.5, 0.6) is 0 Å². The van der Waals surface area contributed by atoms with Crippen molar-refractivity contribution in [2.45, 2.75) is 50.3 Å². The molecule has 1 rings (SSSR count). The summed E-state index contributed by atoms with van der Waals surface area (Å²) in [7, 11) is 0. The minimum absolute atomic E-state index is 0.0306. The molecular formula is C11H22O6. The summed E-state index contributed by atoms with van der Waals surface area (Å²) in [6.07, 6.45) is -3.88. The minimum Gasteiger partial charge on any atom is -0.394 e. The molecule has 1 heterocycles. The van der Waals surface area contributed by atoms with Gasteiger partial charge in [-0.25, -0.2) is 0 Å². The second kappa shape index (κ2) is 5.60. The zero-order valence-electron chi connectivity index (χ0n) is 10.2. The topological polar surface area (TPSA) is 110 Å². The summed E-state index contributed by atoms with van der Waals surface area (Å²) < 4.78 is 5.41. The Balaban J connectivity index is 2.93. The molecule has 0 aromatic rings. The highest BCUT2D eigenvalue weighted by molar-refractivity contribution is 5.03. The zero-order chi connectivity index (χ0) is 13.2. The van der Waals surface area contributed by atoms with Crippen molar-refractivity contribution >= 4 is 0 Å². The van der Waals surface area contributed by atoms with E-state index < -0.39 is 43.2 Å². The average Bonchev–Trinajstić information content (AvgIpc) is 2.35. The Kier molecular flexibility index (Phi) is 4.88. The van der Waals surface area contributed by atoms with Crippen LogP contribution < -0.4 is 0 Å². The minimum atomic E-state index is -2.03. The van der Waals surface area contributed by atoms with Gasteiger partial charge in [0.1, 0.15) is 23.9 Å². The average molecular weight is 250 g/mol. The summed E-state index contributed by atoms with van der Waals surface area (Å²) in [5, 5.41) is 48.0. The van der Waals surface area contributed by atoms with E-state index in [1.54, 1.807) is 0 Å². The molecule has 102 valence electrons. The van der Waals surface area contributed by atoms with Gasteiger partial charge in [-0.15, -0.1) is 0 Å². The van der Waals surface area contributed by atoms with Gasteiger partial charge in [0.25, 0.3) is 0 Å². The van der Waals surface area contributed by atoms with Crippen LogP contribution in [0.25, 0.3) is 0 Å². The Hall–Kier alpha value is -0.240. The van der Waals surface area contributed by atoms with Gasteiger partial charge in [-0.2, -0.15) is 0 Å². The normalized spacial score (nSPS) is 44.6. The summed E-state index contributed by atoms with van der Waals surface area (Å²) >= 11 is 0. The van der Waals surface area contributed by atoms with Crippen LogP contribution >= 0.6 is 0 Å². The Morgan fingerprint density at radius 3 is 2.29 bits per heavy atom. The summed E-state index contributed by atoms with van der Waals surface area (Å²) in [6, 6.07) is 0. The van der Waals surface area contributed by atoms with Crippen LogP contribution in [0.4, 0.5) is 0 Å². The second-order valence-corrected chi connectivity index (χ2v) is 4.74. The monoisotopic (exact) mass is 250 g/mol. The Labute approximate surface area is 100 Å². The quantitative estimate of drug-likeness (QED) is 0.404. The van der Waals surface area contributed by atoms with Gasteiger partial charge in [-0.3, -0.25) is 0 Å². The molecule has 1 aliphatic rings. The maximum atomic E-state index is 10.0. The van der Waals surface area contributed by atoms with Crippen molar-refractivity contribution in [3.05, 3.63) is 0 Å². The smallest absolute Gasteiger partial charge is 0.144 e. The number of hydrogen-bond acceptors (Lipinski definition) is 6. The predicted octanol–water partition coefficient (Wildman–Crippen LogP) is -1.76. The molecule has 0 aliphatic carbocycles. The van der Waals surface area contributed by atoms with E-state index in [-0.39, 0.29) is 5.92 Å². The van der Waals surface area contributed by atoms with Gasteiger partial charge < -0.3 is 30.3 Å². The Bertz CT molecular complexity index is 242. The lowest BCUT2D eigenvalue weighted by Gasteiger charge is -2.48. The van der Waals surface area contributed by atoms with E-state index in [0.29, 0.717) is 0 Å². The van der Waals surface area contributed by atoms with Crippen molar-refractivity contribution in [1.82, 2.24) is 0 Å². The van der Waals surface area contributed by atoms with Gasteiger partial charge in [0.15, 0.2) is 0 Å². The molecule has 6 nitrogen and oxygen atoms in total. The summed E-state index contributed by atoms with van der Waals surface area (Å²) in [6.45, 7) is 2.43. The maximum Gasteiger partial charge on any atom is 0.144 e. The van der Waals surface area contributed by atoms with Gasteiger partial charge in [-0.05, 0) is 5.92 Å². The lowest BCUT2D eigenvalue weighted by Crippen LogP contribution is -2.69. The first-order valence-electron chi connectivity index (χ1n) is 5.88. The fraction of sp³-hybridized carbons (Fsp3) is 1.00. The highest BCUT2D eigenvalue weighted by Crippen LogP contribution is 2.33. The van der Waals surface area contributed by atoms with E-state index in [0.717, 1.165) is 6.42 Å². The third kappa shape index (κ3) is 2.47. The van der Waals surface area contributed by atoms with Crippen LogP contribution in [0.15, 0.2) is 0 Å². The fourth-order valence-corrected chi connectivity index (χ4v) is 2.15. The van der Waals surface area contributed by atoms with Crippen LogP contribution in [-0.4, -0.2) is 68.8 Å². The molecule has 1 aliphatic heterocycles. The predicted molar refractivity (Wildman–Crippen MR) is 59.3 cm³/mol. The molecule has 3 unspecified atom stereocenters. The highest BCUT2D eigenvalue weighted by Gasteiger charge is 2.54. The number of aliphatic hydroxyl groups excluding tert-OH is 4. The van der Waals surface area contributed by atoms with Gasteiger partial charge in [0.05, 0.1) is 19.3 Å². The molecule has 17 heavy (non-hydrogen) atoms. The van der Waals surface area contributed by atoms with Crippen LogP contribution in [0.1, 0.15) is 20.3 Å². The first-order chi connectivity index (χ1) is 7.92. The fourth-order valence-electron chi connectivity index (χ4n) is 2.15. The Morgan fingerprint density at radius 1 is 1.29 bits per heavy atom. The number of rotatable bonds is 4. The molecule has 0 spiro atoms. The van der Waals surface area contributed by atoms with Crippen molar-refractivity contribution in [1.29, 1.82) is 0 Å². The van der Waals surface area contributed by atoms with E-state index in [4.69, 9.17) is 14.9 Å². The molecule has 0 bridgehead atoms. The Morgan fingerprint density at radius 2 is 1.88 bits per heavy atom. The second-order valence-electron chi connectivity index (χ2n) is 4.74. The molecule has 6 atom stereocenters. The zero-order valence-corrected chi connectivity index (χ0v) is 10.2. The lowest BCUT2D eigenvalue weighted by molar-refractivity contribution is -0.292. The van der Waals surface area contributed by atoms with Crippen molar-refractivity contribution in [2.75, 3.05) is 13.2 Å². The lowest BCUT2D eigenvalue weighted by atomic mass is 9.79. The molecule has 0 aromatic heterocycles. The van der Waals surface area contributed by atoms with Crippen LogP contribution in [-0.2, 0) is 4.74 Å². The largest absolute Gasteiger partial charge is 0.394 e. The third-order valence-electron chi connectivity index (χ3n) is 3.68. The summed E-state index contributed by atoms with van der Waals surface area (Å²) in [5.41, 5.74) is -2.03. The van der Waals surface area contributed by atoms with Crippen LogP contribution in [0, 0.1) is 5.92 Å². The van der Waals surface area contributed by atoms with Gasteiger partial charge >= 0.3 is 0 Å². The first kappa shape index (κ1) is 14.8. The molecular weight excluding hydrogens is 228 g/mol. The van der Waals surface area contributed by atoms with E-state index >= 15 is 0 Å². The van der Waals surface area contributed by atoms with Gasteiger partial charge in [0.2, 0.25) is 0 Å². The van der Waals surface area contributed by atoms with Crippen molar-refractivity contribution in [3.63, 3.8) is 0 Å². The van der Waals surface area contributed by atoms with Crippen molar-refractivity contribution in [3.8, 4) is 0 Å². The van der Waals surface area contributed by atoms with E-state index in [1.165, 1.54) is 0 Å². The summed E-state index contributed by atoms with van der Waals surface area (Å²) in [4.78, 5) is 0. The first-order valence-corrected chi connectivity index (χ1v) is 5.88.